The van der Waals surface area contributed by atoms with Gasteiger partial charge in [0.05, 0.1) is 5.56 Å². The van der Waals surface area contributed by atoms with E-state index in [-0.39, 0.29) is 22.7 Å². The summed E-state index contributed by atoms with van der Waals surface area (Å²) in [6.45, 7) is 0. The van der Waals surface area contributed by atoms with E-state index in [4.69, 9.17) is 4.42 Å². The predicted octanol–water partition coefficient (Wildman–Crippen LogP) is 2.30. The lowest BCUT2D eigenvalue weighted by Crippen LogP contribution is -2.19. The van der Waals surface area contributed by atoms with Gasteiger partial charge in [-0.3, -0.25) is 0 Å². The minimum Gasteiger partial charge on any atom is -0.508 e. The molecule has 0 bridgehead atoms. The minimum atomic E-state index is -4.79. The number of halogens is 3. The molecule has 0 radical (unpaired) electrons. The molecule has 0 saturated carbocycles. The second-order valence-corrected chi connectivity index (χ2v) is 4.15. The van der Waals surface area contributed by atoms with Gasteiger partial charge in [-0.1, -0.05) is 0 Å². The lowest BCUT2D eigenvalue weighted by atomic mass is 10.2. The molecule has 0 unspecified atom stereocenters. The monoisotopic (exact) mass is 297 g/mol. The molecule has 0 fully saturated rings. The topological polar surface area (TPSA) is 92.0 Å². The zero-order chi connectivity index (χ0) is 15.2. The van der Waals surface area contributed by atoms with Crippen molar-refractivity contribution in [3.63, 3.8) is 0 Å². The summed E-state index contributed by atoms with van der Waals surface area (Å²) in [5, 5.41) is 9.31. The molecule has 0 aliphatic rings. The molecule has 0 spiro atoms. The fourth-order valence-corrected chi connectivity index (χ4v) is 1.81. The first-order valence-electron chi connectivity index (χ1n) is 5.61. The summed E-state index contributed by atoms with van der Waals surface area (Å²) in [4.78, 5) is 19.7. The highest BCUT2D eigenvalue weighted by Crippen LogP contribution is 2.35. The smallest absolute Gasteiger partial charge is 0.432 e. The van der Waals surface area contributed by atoms with Crippen molar-refractivity contribution in [2.24, 2.45) is 0 Å². The van der Waals surface area contributed by atoms with E-state index in [9.17, 15) is 23.1 Å². The van der Waals surface area contributed by atoms with E-state index in [2.05, 4.69) is 9.97 Å². The summed E-state index contributed by atoms with van der Waals surface area (Å²) in [5.74, 6) is -0.454. The third-order valence-electron chi connectivity index (χ3n) is 2.70. The Morgan fingerprint density at radius 1 is 1.29 bits per heavy atom. The highest BCUT2D eigenvalue weighted by atomic mass is 19.4. The molecule has 3 rings (SSSR count). The van der Waals surface area contributed by atoms with E-state index in [1.807, 2.05) is 0 Å². The van der Waals surface area contributed by atoms with Crippen molar-refractivity contribution in [3.8, 4) is 17.2 Å². The molecule has 0 aliphatic heterocycles. The van der Waals surface area contributed by atoms with E-state index in [1.165, 1.54) is 18.2 Å². The van der Waals surface area contributed by atoms with Crippen LogP contribution >= 0.6 is 0 Å². The number of aromatic hydroxyl groups is 1. The first-order valence-corrected chi connectivity index (χ1v) is 5.61. The Kier molecular flexibility index (Phi) is 2.71. The highest BCUT2D eigenvalue weighted by Gasteiger charge is 2.36. The Bertz CT molecular complexity index is 883. The van der Waals surface area contributed by atoms with Crippen LogP contribution in [0.4, 0.5) is 13.2 Å². The summed E-state index contributed by atoms with van der Waals surface area (Å²) in [6.07, 6.45) is -4.05. The van der Waals surface area contributed by atoms with Crippen LogP contribution in [-0.4, -0.2) is 20.1 Å². The van der Waals surface area contributed by atoms with Crippen LogP contribution in [0.15, 0.2) is 33.6 Å². The third-order valence-corrected chi connectivity index (χ3v) is 2.70. The number of nitrogens with one attached hydrogen (secondary N) is 1. The zero-order valence-corrected chi connectivity index (χ0v) is 10.1. The normalized spacial score (nSPS) is 12.0. The van der Waals surface area contributed by atoms with Gasteiger partial charge in [0.25, 0.3) is 0 Å². The lowest BCUT2D eigenvalue weighted by Gasteiger charge is -2.08. The van der Waals surface area contributed by atoms with E-state index in [0.717, 1.165) is 6.20 Å². The molecule has 1 aromatic carbocycles. The first-order chi connectivity index (χ1) is 9.84. The number of oxazole rings is 1. The Balaban J connectivity index is 2.25. The van der Waals surface area contributed by atoms with Crippen molar-refractivity contribution in [3.05, 3.63) is 40.6 Å². The molecule has 2 aromatic heterocycles. The second-order valence-electron chi connectivity index (χ2n) is 4.15. The summed E-state index contributed by atoms with van der Waals surface area (Å²) >= 11 is 0. The number of H-pyrrole nitrogens is 1. The number of aromatic nitrogens is 3. The SMILES string of the molecule is O=c1ncc(-c2nc3cc(O)ccc3o2)c(C(F)(F)F)[nH]1. The van der Waals surface area contributed by atoms with Crippen molar-refractivity contribution >= 4 is 11.1 Å². The molecular formula is C12H6F3N3O3. The number of benzene rings is 1. The van der Waals surface area contributed by atoms with Crippen molar-refractivity contribution in [2.75, 3.05) is 0 Å². The number of rotatable bonds is 1. The summed E-state index contributed by atoms with van der Waals surface area (Å²) in [7, 11) is 0. The summed E-state index contributed by atoms with van der Waals surface area (Å²) < 4.78 is 44.0. The average Bonchev–Trinajstić information content (AvgIpc) is 2.80. The number of phenols is 1. The molecule has 6 nitrogen and oxygen atoms in total. The van der Waals surface area contributed by atoms with Crippen molar-refractivity contribution in [2.45, 2.75) is 6.18 Å². The fraction of sp³-hybridized carbons (Fsp3) is 0.0833. The quantitative estimate of drug-likeness (QED) is 0.719. The average molecular weight is 297 g/mol. The van der Waals surface area contributed by atoms with Gasteiger partial charge in [0.1, 0.15) is 17.0 Å². The molecule has 0 saturated heterocycles. The Morgan fingerprint density at radius 2 is 2.05 bits per heavy atom. The Morgan fingerprint density at radius 3 is 2.76 bits per heavy atom. The van der Waals surface area contributed by atoms with Crippen LogP contribution in [0.2, 0.25) is 0 Å². The number of fused-ring (bicyclic) bond motifs is 1. The lowest BCUT2D eigenvalue weighted by molar-refractivity contribution is -0.140. The fourth-order valence-electron chi connectivity index (χ4n) is 1.81. The predicted molar refractivity (Wildman–Crippen MR) is 64.5 cm³/mol. The standard InChI is InChI=1S/C12H6F3N3O3/c13-12(14,15)9-6(4-16-11(20)18-9)10-17-7-3-5(19)1-2-8(7)21-10/h1-4,19H,(H,16,18,20). The molecule has 0 amide bonds. The first kappa shape index (κ1) is 13.2. The van der Waals surface area contributed by atoms with Gasteiger partial charge < -0.3 is 14.5 Å². The molecule has 3 aromatic rings. The highest BCUT2D eigenvalue weighted by molar-refractivity contribution is 5.77. The van der Waals surface area contributed by atoms with Crippen molar-refractivity contribution < 1.29 is 22.7 Å². The number of hydrogen-bond donors (Lipinski definition) is 2. The summed E-state index contributed by atoms with van der Waals surface area (Å²) in [5.41, 5.74) is -2.53. The maximum Gasteiger partial charge on any atom is 0.432 e. The largest absolute Gasteiger partial charge is 0.508 e. The van der Waals surface area contributed by atoms with E-state index < -0.39 is 23.1 Å². The molecule has 21 heavy (non-hydrogen) atoms. The minimum absolute atomic E-state index is 0.0991. The second kappa shape index (κ2) is 4.33. The number of alkyl halides is 3. The molecule has 108 valence electrons. The molecule has 0 atom stereocenters. The molecule has 2 heterocycles. The summed E-state index contributed by atoms with van der Waals surface area (Å²) in [6, 6.07) is 3.93. The van der Waals surface area contributed by atoms with Gasteiger partial charge in [0.15, 0.2) is 5.58 Å². The molecule has 0 aliphatic carbocycles. The molecule has 2 N–H and O–H groups in total. The van der Waals surface area contributed by atoms with Gasteiger partial charge in [0, 0.05) is 12.3 Å². The van der Waals surface area contributed by atoms with E-state index in [1.54, 1.807) is 4.98 Å². The van der Waals surface area contributed by atoms with Crippen molar-refractivity contribution in [1.29, 1.82) is 0 Å². The van der Waals surface area contributed by atoms with Gasteiger partial charge >= 0.3 is 11.9 Å². The van der Waals surface area contributed by atoms with Crippen LogP contribution < -0.4 is 5.69 Å². The Hall–Kier alpha value is -2.84. The van der Waals surface area contributed by atoms with E-state index in [0.29, 0.717) is 0 Å². The van der Waals surface area contributed by atoms with Crippen LogP contribution in [-0.2, 0) is 6.18 Å². The number of phenolic OH excluding ortho intramolecular Hbond substituents is 1. The van der Waals surface area contributed by atoms with Crippen LogP contribution in [0.5, 0.6) is 5.75 Å². The van der Waals surface area contributed by atoms with Gasteiger partial charge in [0.2, 0.25) is 5.89 Å². The number of aromatic amines is 1. The third kappa shape index (κ3) is 2.33. The molecule has 9 heteroatoms. The van der Waals surface area contributed by atoms with Crippen LogP contribution in [0.1, 0.15) is 5.69 Å². The number of nitrogens with zero attached hydrogens (tertiary/aromatic N) is 2. The van der Waals surface area contributed by atoms with Crippen LogP contribution in [0.3, 0.4) is 0 Å². The van der Waals surface area contributed by atoms with Gasteiger partial charge in [-0.2, -0.15) is 13.2 Å². The maximum atomic E-state index is 12.9. The van der Waals surface area contributed by atoms with Gasteiger partial charge in [-0.15, -0.1) is 0 Å². The van der Waals surface area contributed by atoms with Gasteiger partial charge in [-0.05, 0) is 12.1 Å². The zero-order valence-electron chi connectivity index (χ0n) is 10.1. The van der Waals surface area contributed by atoms with Crippen LogP contribution in [0.25, 0.3) is 22.6 Å². The number of hydrogen-bond acceptors (Lipinski definition) is 5. The van der Waals surface area contributed by atoms with Crippen LogP contribution in [0, 0.1) is 0 Å². The van der Waals surface area contributed by atoms with Crippen molar-refractivity contribution in [1.82, 2.24) is 15.0 Å². The maximum absolute atomic E-state index is 12.9. The van der Waals surface area contributed by atoms with E-state index >= 15 is 0 Å². The molecular weight excluding hydrogens is 291 g/mol. The van der Waals surface area contributed by atoms with Gasteiger partial charge in [-0.25, -0.2) is 14.8 Å². The Labute approximate surface area is 113 Å².